The van der Waals surface area contributed by atoms with Crippen molar-refractivity contribution in [2.45, 2.75) is 37.5 Å². The van der Waals surface area contributed by atoms with E-state index < -0.39 is 15.4 Å². The first-order valence-electron chi connectivity index (χ1n) is 8.62. The minimum Gasteiger partial charge on any atom is -0.314 e. The number of nitrogens with zero attached hydrogens (tertiary/aromatic N) is 2. The highest BCUT2D eigenvalue weighted by molar-refractivity contribution is 7.92. The molecule has 2 aromatic rings. The number of carbonyl (C=O) groups excluding carboxylic acids is 1. The highest BCUT2D eigenvalue weighted by atomic mass is 32.2. The van der Waals surface area contributed by atoms with E-state index in [0.29, 0.717) is 5.69 Å². The van der Waals surface area contributed by atoms with Crippen LogP contribution in [0, 0.1) is 0 Å². The number of sulfonamides is 1. The second-order valence-electron chi connectivity index (χ2n) is 7.12. The van der Waals surface area contributed by atoms with E-state index in [1.54, 1.807) is 37.2 Å². The van der Waals surface area contributed by atoms with Gasteiger partial charge in [-0.05, 0) is 55.7 Å². The average molecular weight is 372 g/mol. The van der Waals surface area contributed by atoms with E-state index in [9.17, 15) is 13.2 Å². The van der Waals surface area contributed by atoms with E-state index in [0.717, 1.165) is 23.2 Å². The lowest BCUT2D eigenvalue weighted by atomic mass is 9.86. The van der Waals surface area contributed by atoms with Gasteiger partial charge in [0.2, 0.25) is 5.91 Å². The standard InChI is InChI=1S/C20H24N2O3S/c1-6-14-9-7-8-10-17(14)22(5)26(24,25)15-11-12-18-16(13-15)20(2,3)19(23)21(18)4/h7-13H,6H2,1-5H3. The molecule has 0 unspecified atom stereocenters. The number of amides is 1. The smallest absolute Gasteiger partial charge is 0.264 e. The van der Waals surface area contributed by atoms with Crippen molar-refractivity contribution < 1.29 is 13.2 Å². The third kappa shape index (κ3) is 2.60. The van der Waals surface area contributed by atoms with E-state index in [4.69, 9.17) is 0 Å². The van der Waals surface area contributed by atoms with Gasteiger partial charge in [-0.1, -0.05) is 25.1 Å². The van der Waals surface area contributed by atoms with E-state index in [1.807, 2.05) is 45.0 Å². The van der Waals surface area contributed by atoms with Crippen molar-refractivity contribution in [2.24, 2.45) is 0 Å². The maximum absolute atomic E-state index is 13.2. The summed E-state index contributed by atoms with van der Waals surface area (Å²) in [6.07, 6.45) is 0.743. The maximum Gasteiger partial charge on any atom is 0.264 e. The molecule has 0 saturated heterocycles. The molecule has 2 aromatic carbocycles. The normalized spacial score (nSPS) is 15.9. The molecular formula is C20H24N2O3S. The van der Waals surface area contributed by atoms with Crippen LogP contribution >= 0.6 is 0 Å². The van der Waals surface area contributed by atoms with Gasteiger partial charge in [0.15, 0.2) is 0 Å². The van der Waals surface area contributed by atoms with Crippen LogP contribution in [0.4, 0.5) is 11.4 Å². The first kappa shape index (κ1) is 18.5. The Morgan fingerprint density at radius 1 is 1.12 bits per heavy atom. The molecule has 0 radical (unpaired) electrons. The van der Waals surface area contributed by atoms with Crippen LogP contribution in [0.3, 0.4) is 0 Å². The zero-order chi connectivity index (χ0) is 19.3. The lowest BCUT2D eigenvalue weighted by Crippen LogP contribution is -2.33. The van der Waals surface area contributed by atoms with Crippen molar-refractivity contribution in [2.75, 3.05) is 23.3 Å². The number of hydrogen-bond acceptors (Lipinski definition) is 3. The summed E-state index contributed by atoms with van der Waals surface area (Å²) in [4.78, 5) is 14.2. The highest BCUT2D eigenvalue weighted by Crippen LogP contribution is 2.42. The zero-order valence-corrected chi connectivity index (χ0v) is 16.6. The molecule has 0 atom stereocenters. The molecule has 1 aliphatic heterocycles. The van der Waals surface area contributed by atoms with Crippen molar-refractivity contribution in [3.8, 4) is 0 Å². The Morgan fingerprint density at radius 2 is 1.77 bits per heavy atom. The van der Waals surface area contributed by atoms with Crippen LogP contribution in [0.1, 0.15) is 31.9 Å². The Morgan fingerprint density at radius 3 is 2.42 bits per heavy atom. The van der Waals surface area contributed by atoms with Gasteiger partial charge in [0, 0.05) is 19.8 Å². The summed E-state index contributed by atoms with van der Waals surface area (Å²) >= 11 is 0. The maximum atomic E-state index is 13.2. The van der Waals surface area contributed by atoms with Crippen molar-refractivity contribution in [3.05, 3.63) is 53.6 Å². The summed E-state index contributed by atoms with van der Waals surface area (Å²) in [7, 11) is -0.443. The monoisotopic (exact) mass is 372 g/mol. The number of likely N-dealkylation sites (N-methyl/N-ethyl adjacent to an activating group) is 1. The van der Waals surface area contributed by atoms with E-state index >= 15 is 0 Å². The minimum absolute atomic E-state index is 0.0354. The van der Waals surface area contributed by atoms with E-state index in [1.165, 1.54) is 4.31 Å². The van der Waals surface area contributed by atoms with Crippen molar-refractivity contribution in [3.63, 3.8) is 0 Å². The predicted molar refractivity (Wildman–Crippen MR) is 104 cm³/mol. The zero-order valence-electron chi connectivity index (χ0n) is 15.8. The molecule has 6 heteroatoms. The summed E-state index contributed by atoms with van der Waals surface area (Å²) in [6.45, 7) is 5.65. The van der Waals surface area contributed by atoms with Gasteiger partial charge in [-0.2, -0.15) is 0 Å². The molecule has 0 spiro atoms. The molecule has 3 rings (SSSR count). The summed E-state index contributed by atoms with van der Waals surface area (Å²) < 4.78 is 27.7. The quantitative estimate of drug-likeness (QED) is 0.827. The summed E-state index contributed by atoms with van der Waals surface area (Å²) in [6, 6.07) is 12.4. The molecule has 0 bridgehead atoms. The number of aryl methyl sites for hydroxylation is 1. The topological polar surface area (TPSA) is 57.7 Å². The van der Waals surface area contributed by atoms with Gasteiger partial charge in [-0.3, -0.25) is 9.10 Å². The third-order valence-electron chi connectivity index (χ3n) is 5.21. The third-order valence-corrected chi connectivity index (χ3v) is 6.98. The van der Waals surface area contributed by atoms with Crippen LogP contribution in [0.5, 0.6) is 0 Å². The molecule has 0 aromatic heterocycles. The highest BCUT2D eigenvalue weighted by Gasteiger charge is 2.43. The predicted octanol–water partition coefficient (Wildman–Crippen LogP) is 3.33. The van der Waals surface area contributed by atoms with Gasteiger partial charge in [0.05, 0.1) is 16.0 Å². The number of hydrogen-bond donors (Lipinski definition) is 0. The van der Waals surface area contributed by atoms with Crippen LogP contribution < -0.4 is 9.21 Å². The molecule has 0 fully saturated rings. The lowest BCUT2D eigenvalue weighted by Gasteiger charge is -2.23. The fourth-order valence-corrected chi connectivity index (χ4v) is 4.78. The minimum atomic E-state index is -3.73. The number of fused-ring (bicyclic) bond motifs is 1. The van der Waals surface area contributed by atoms with Crippen LogP contribution in [0.15, 0.2) is 47.4 Å². The number of para-hydroxylation sites is 1. The van der Waals surface area contributed by atoms with E-state index in [-0.39, 0.29) is 10.8 Å². The second-order valence-corrected chi connectivity index (χ2v) is 9.09. The fourth-order valence-electron chi connectivity index (χ4n) is 3.52. The van der Waals surface area contributed by atoms with Crippen LogP contribution in [0.25, 0.3) is 0 Å². The van der Waals surface area contributed by atoms with Crippen molar-refractivity contribution in [1.82, 2.24) is 0 Å². The Bertz CT molecular complexity index is 980. The van der Waals surface area contributed by atoms with Crippen LogP contribution in [-0.2, 0) is 26.7 Å². The van der Waals surface area contributed by atoms with Crippen molar-refractivity contribution >= 4 is 27.3 Å². The Balaban J connectivity index is 2.10. The summed E-state index contributed by atoms with van der Waals surface area (Å²) in [5.41, 5.74) is 2.40. The molecule has 26 heavy (non-hydrogen) atoms. The molecule has 0 N–H and O–H groups in total. The largest absolute Gasteiger partial charge is 0.314 e. The molecule has 0 saturated carbocycles. The van der Waals surface area contributed by atoms with Crippen molar-refractivity contribution in [1.29, 1.82) is 0 Å². The number of rotatable bonds is 4. The average Bonchev–Trinajstić information content (AvgIpc) is 2.81. The van der Waals surface area contributed by atoms with Gasteiger partial charge in [0.25, 0.3) is 10.0 Å². The van der Waals surface area contributed by atoms with Gasteiger partial charge < -0.3 is 4.90 Å². The van der Waals surface area contributed by atoms with Crippen LogP contribution in [-0.4, -0.2) is 28.4 Å². The van der Waals surface area contributed by atoms with Gasteiger partial charge in [-0.25, -0.2) is 8.42 Å². The Labute approximate surface area is 155 Å². The molecule has 0 aliphatic carbocycles. The summed E-state index contributed by atoms with van der Waals surface area (Å²) in [5, 5.41) is 0. The first-order chi connectivity index (χ1) is 12.1. The molecule has 1 aliphatic rings. The molecule has 5 nitrogen and oxygen atoms in total. The van der Waals surface area contributed by atoms with Gasteiger partial charge in [0.1, 0.15) is 0 Å². The van der Waals surface area contributed by atoms with Gasteiger partial charge >= 0.3 is 0 Å². The molecule has 138 valence electrons. The van der Waals surface area contributed by atoms with Crippen LogP contribution in [0.2, 0.25) is 0 Å². The number of carbonyl (C=O) groups is 1. The Kier molecular flexibility index (Phi) is 4.35. The molecule has 1 amide bonds. The first-order valence-corrected chi connectivity index (χ1v) is 10.1. The SMILES string of the molecule is CCc1ccccc1N(C)S(=O)(=O)c1ccc2c(c1)C(C)(C)C(=O)N2C. The Hall–Kier alpha value is -2.34. The molecular weight excluding hydrogens is 348 g/mol. The van der Waals surface area contributed by atoms with E-state index in [2.05, 4.69) is 0 Å². The lowest BCUT2D eigenvalue weighted by molar-refractivity contribution is -0.121. The second kappa shape index (κ2) is 6.13. The molecule has 1 heterocycles. The fraction of sp³-hybridized carbons (Fsp3) is 0.350. The number of anilines is 2. The van der Waals surface area contributed by atoms with Gasteiger partial charge in [-0.15, -0.1) is 0 Å². The summed E-state index contributed by atoms with van der Waals surface area (Å²) in [5.74, 6) is -0.0354. The number of benzene rings is 2.